The Labute approximate surface area is 216 Å². The summed E-state index contributed by atoms with van der Waals surface area (Å²) in [7, 11) is 0. The molecule has 4 heterocycles. The van der Waals surface area contributed by atoms with Crippen LogP contribution in [-0.4, -0.2) is 63.7 Å². The summed E-state index contributed by atoms with van der Waals surface area (Å²) in [5.41, 5.74) is 4.04. The molecule has 3 aromatic rings. The number of ether oxygens (including phenoxy) is 3. The highest BCUT2D eigenvalue weighted by Gasteiger charge is 2.33. The van der Waals surface area contributed by atoms with Crippen LogP contribution in [0.3, 0.4) is 0 Å². The maximum absolute atomic E-state index is 15.1. The zero-order valence-corrected chi connectivity index (χ0v) is 20.3. The molecular formula is C24H25FN6O7. The van der Waals surface area contributed by atoms with Crippen LogP contribution < -0.4 is 20.4 Å². The molecule has 1 saturated heterocycles. The maximum Gasteiger partial charge on any atom is 0.414 e. The van der Waals surface area contributed by atoms with Crippen LogP contribution in [0.25, 0.3) is 11.3 Å². The quantitative estimate of drug-likeness (QED) is 0.279. The summed E-state index contributed by atoms with van der Waals surface area (Å²) in [4.78, 5) is 37.0. The molecule has 2 aliphatic rings. The molecule has 0 spiro atoms. The molecule has 1 aromatic carbocycles. The third-order valence-electron chi connectivity index (χ3n) is 5.99. The Morgan fingerprint density at radius 3 is 2.95 bits per heavy atom. The van der Waals surface area contributed by atoms with E-state index < -0.39 is 18.0 Å². The second kappa shape index (κ2) is 11.0. The standard InChI is InChI=1S/C24H25FN6O7/c1-14(32)27-8-17-10-31(24(33)37-17)16-2-3-19(20(25)7-16)21-6-15(4-5-26-21)12-35-18-9-30-11-22(29-38-34)28-23(30)36-13-18/h2-7,11,17-18,29,34H,8-10,12-13H2,1H3,(H,27,32)/t17-,18-/m0/s1. The van der Waals surface area contributed by atoms with Gasteiger partial charge in [-0.15, -0.1) is 4.99 Å². The number of hydrogen-bond donors (Lipinski definition) is 3. The summed E-state index contributed by atoms with van der Waals surface area (Å²) in [6.07, 6.45) is 1.80. The van der Waals surface area contributed by atoms with Crippen molar-refractivity contribution in [2.45, 2.75) is 32.3 Å². The molecule has 14 heteroatoms. The van der Waals surface area contributed by atoms with Gasteiger partial charge in [0.15, 0.2) is 5.82 Å². The summed E-state index contributed by atoms with van der Waals surface area (Å²) in [5, 5.41) is 11.1. The molecule has 5 rings (SSSR count). The fourth-order valence-corrected chi connectivity index (χ4v) is 4.18. The number of carbonyl (C=O) groups is 2. The predicted molar refractivity (Wildman–Crippen MR) is 130 cm³/mol. The molecule has 2 amide bonds. The highest BCUT2D eigenvalue weighted by molar-refractivity contribution is 5.90. The minimum atomic E-state index is -0.603. The number of rotatable bonds is 9. The van der Waals surface area contributed by atoms with Crippen molar-refractivity contribution in [1.82, 2.24) is 19.9 Å². The molecular weight excluding hydrogens is 503 g/mol. The van der Waals surface area contributed by atoms with Crippen LogP contribution in [0.4, 0.5) is 20.7 Å². The van der Waals surface area contributed by atoms with Crippen LogP contribution in [0.15, 0.2) is 42.7 Å². The van der Waals surface area contributed by atoms with E-state index in [0.717, 1.165) is 5.56 Å². The van der Waals surface area contributed by atoms with Gasteiger partial charge >= 0.3 is 6.09 Å². The summed E-state index contributed by atoms with van der Waals surface area (Å²) >= 11 is 0. The molecule has 0 unspecified atom stereocenters. The zero-order chi connectivity index (χ0) is 26.6. The molecule has 200 valence electrons. The average molecular weight is 528 g/mol. The van der Waals surface area contributed by atoms with E-state index in [1.165, 1.54) is 17.9 Å². The molecule has 0 radical (unpaired) electrons. The normalized spacial score (nSPS) is 18.5. The first-order chi connectivity index (χ1) is 18.4. The van der Waals surface area contributed by atoms with Gasteiger partial charge in [0, 0.05) is 18.7 Å². The Balaban J connectivity index is 1.21. The third-order valence-corrected chi connectivity index (χ3v) is 5.99. The molecule has 2 aromatic heterocycles. The van der Waals surface area contributed by atoms with Crippen molar-refractivity contribution in [3.8, 4) is 17.3 Å². The van der Waals surface area contributed by atoms with Crippen molar-refractivity contribution in [3.63, 3.8) is 0 Å². The molecule has 2 aliphatic heterocycles. The van der Waals surface area contributed by atoms with Gasteiger partial charge in [0.25, 0.3) is 6.01 Å². The second-order valence-corrected chi connectivity index (χ2v) is 8.77. The van der Waals surface area contributed by atoms with Crippen molar-refractivity contribution in [2.75, 3.05) is 30.1 Å². The molecule has 1 fully saturated rings. The molecule has 0 aliphatic carbocycles. The zero-order valence-electron chi connectivity index (χ0n) is 20.3. The number of aromatic nitrogens is 3. The Hall–Kier alpha value is -4.27. The number of amides is 2. The topological polar surface area (TPSA) is 149 Å². The van der Waals surface area contributed by atoms with Gasteiger partial charge in [-0.05, 0) is 35.9 Å². The minimum absolute atomic E-state index is 0.185. The molecule has 3 N–H and O–H groups in total. The SMILES string of the molecule is CC(=O)NC[C@H]1CN(c2ccc(-c3cc(CO[C@@H]4COc5nc(NOO)cn5C4)ccn3)c(F)c2)C(=O)O1. The van der Waals surface area contributed by atoms with Crippen LogP contribution in [0.2, 0.25) is 0 Å². The predicted octanol–water partition coefficient (Wildman–Crippen LogP) is 2.34. The van der Waals surface area contributed by atoms with Crippen LogP contribution >= 0.6 is 0 Å². The lowest BCUT2D eigenvalue weighted by atomic mass is 10.1. The van der Waals surface area contributed by atoms with E-state index in [2.05, 4.69) is 25.8 Å². The van der Waals surface area contributed by atoms with E-state index in [1.807, 2.05) is 0 Å². The maximum atomic E-state index is 15.1. The van der Waals surface area contributed by atoms with Crippen molar-refractivity contribution in [1.29, 1.82) is 0 Å². The Bertz CT molecular complexity index is 1340. The van der Waals surface area contributed by atoms with E-state index >= 15 is 4.39 Å². The largest absolute Gasteiger partial charge is 0.462 e. The molecule has 38 heavy (non-hydrogen) atoms. The van der Waals surface area contributed by atoms with E-state index in [4.69, 9.17) is 19.5 Å². The van der Waals surface area contributed by atoms with Gasteiger partial charge in [-0.1, -0.05) is 0 Å². The summed E-state index contributed by atoms with van der Waals surface area (Å²) in [6.45, 7) is 2.77. The van der Waals surface area contributed by atoms with Crippen molar-refractivity contribution in [2.24, 2.45) is 0 Å². The number of nitrogens with one attached hydrogen (secondary N) is 2. The first kappa shape index (κ1) is 25.4. The lowest BCUT2D eigenvalue weighted by Gasteiger charge is -2.24. The van der Waals surface area contributed by atoms with Crippen LogP contribution in [0.1, 0.15) is 12.5 Å². The number of fused-ring (bicyclic) bond motifs is 1. The van der Waals surface area contributed by atoms with Crippen LogP contribution in [0, 0.1) is 5.82 Å². The third kappa shape index (κ3) is 5.66. The van der Waals surface area contributed by atoms with Gasteiger partial charge in [-0.2, -0.15) is 4.98 Å². The minimum Gasteiger partial charge on any atom is -0.462 e. The fraction of sp³-hybridized carbons (Fsp3) is 0.333. The molecule has 2 atom stereocenters. The monoisotopic (exact) mass is 528 g/mol. The van der Waals surface area contributed by atoms with Gasteiger partial charge in [-0.25, -0.2) is 19.9 Å². The molecule has 0 bridgehead atoms. The number of anilines is 2. The number of benzene rings is 1. The summed E-state index contributed by atoms with van der Waals surface area (Å²) in [6, 6.07) is 8.33. The van der Waals surface area contributed by atoms with Crippen molar-refractivity contribution < 1.29 is 38.4 Å². The van der Waals surface area contributed by atoms with E-state index in [0.29, 0.717) is 29.8 Å². The van der Waals surface area contributed by atoms with Crippen molar-refractivity contribution >= 4 is 23.5 Å². The second-order valence-electron chi connectivity index (χ2n) is 8.77. The van der Waals surface area contributed by atoms with E-state index in [-0.39, 0.29) is 43.9 Å². The van der Waals surface area contributed by atoms with Crippen LogP contribution in [0.5, 0.6) is 6.01 Å². The molecule has 0 saturated carbocycles. The van der Waals surface area contributed by atoms with Crippen LogP contribution in [-0.2, 0) is 32.4 Å². The Morgan fingerprint density at radius 2 is 2.16 bits per heavy atom. The number of carbonyl (C=O) groups excluding carboxylic acids is 2. The smallest absolute Gasteiger partial charge is 0.414 e. The van der Waals surface area contributed by atoms with Gasteiger partial charge in [0.1, 0.15) is 24.6 Å². The number of hydrogen-bond acceptors (Lipinski definition) is 10. The average Bonchev–Trinajstić information content (AvgIpc) is 3.48. The van der Waals surface area contributed by atoms with E-state index in [9.17, 15) is 9.59 Å². The summed E-state index contributed by atoms with van der Waals surface area (Å²) in [5.74, 6) is -0.479. The lowest BCUT2D eigenvalue weighted by Crippen LogP contribution is -2.33. The molecule has 13 nitrogen and oxygen atoms in total. The lowest BCUT2D eigenvalue weighted by molar-refractivity contribution is -0.215. The fourth-order valence-electron chi connectivity index (χ4n) is 4.18. The highest BCUT2D eigenvalue weighted by atomic mass is 19.1. The van der Waals surface area contributed by atoms with Gasteiger partial charge < -0.3 is 19.5 Å². The van der Waals surface area contributed by atoms with Gasteiger partial charge in [0.2, 0.25) is 5.91 Å². The Kier molecular flexibility index (Phi) is 7.35. The van der Waals surface area contributed by atoms with Crippen molar-refractivity contribution in [3.05, 3.63) is 54.1 Å². The number of nitrogens with zero attached hydrogens (tertiary/aromatic N) is 4. The van der Waals surface area contributed by atoms with E-state index in [1.54, 1.807) is 41.2 Å². The highest BCUT2D eigenvalue weighted by Crippen LogP contribution is 2.29. The first-order valence-corrected chi connectivity index (χ1v) is 11.7. The number of imidazole rings is 1. The van der Waals surface area contributed by atoms with Gasteiger partial charge in [-0.3, -0.25) is 19.2 Å². The number of halogens is 1. The number of cyclic esters (lactones) is 1. The Morgan fingerprint density at radius 1 is 1.29 bits per heavy atom. The summed E-state index contributed by atoms with van der Waals surface area (Å²) < 4.78 is 33.6. The first-order valence-electron chi connectivity index (χ1n) is 11.7. The number of pyridine rings is 1. The van der Waals surface area contributed by atoms with Gasteiger partial charge in [0.05, 0.1) is 43.8 Å².